The first-order valence-corrected chi connectivity index (χ1v) is 6.54. The summed E-state index contributed by atoms with van der Waals surface area (Å²) in [7, 11) is 1.34. The largest absolute Gasteiger partial charge is 0.468 e. The monoisotopic (exact) mass is 371 g/mol. The molecule has 0 amide bonds. The topological polar surface area (TPSA) is 38.3 Å². The number of benzene rings is 1. The van der Waals surface area contributed by atoms with Crippen LogP contribution in [0.5, 0.6) is 0 Å². The lowest BCUT2D eigenvalue weighted by Gasteiger charge is -2.10. The minimum atomic E-state index is -0.426. The van der Waals surface area contributed by atoms with Gasteiger partial charge in [0.1, 0.15) is 9.74 Å². The van der Waals surface area contributed by atoms with Crippen molar-refractivity contribution in [2.75, 3.05) is 13.7 Å². The molecule has 0 aromatic heterocycles. The number of carbonyl (C=O) groups excluding carboxylic acids is 1. The van der Waals surface area contributed by atoms with Gasteiger partial charge in [0.15, 0.2) is 0 Å². The highest BCUT2D eigenvalue weighted by Crippen LogP contribution is 2.17. The van der Waals surface area contributed by atoms with Gasteiger partial charge in [-0.1, -0.05) is 46.3 Å². The van der Waals surface area contributed by atoms with Crippen molar-refractivity contribution in [1.82, 2.24) is 5.32 Å². The summed E-state index contributed by atoms with van der Waals surface area (Å²) in [6.07, 6.45) is 0. The summed E-state index contributed by atoms with van der Waals surface area (Å²) in [5.74, 6) is -0.727. The van der Waals surface area contributed by atoms with Crippen molar-refractivity contribution in [2.45, 2.75) is 10.5 Å². The Balaban J connectivity index is 2.46. The zero-order valence-electron chi connectivity index (χ0n) is 9.17. The predicted molar refractivity (Wildman–Crippen MR) is 72.9 cm³/mol. The number of rotatable bonds is 5. The third kappa shape index (κ3) is 4.40. The van der Waals surface area contributed by atoms with E-state index in [0.717, 1.165) is 0 Å². The van der Waals surface area contributed by atoms with Gasteiger partial charge in [0, 0.05) is 18.7 Å². The molecule has 1 unspecified atom stereocenters. The predicted octanol–water partition coefficient (Wildman–Crippen LogP) is 2.55. The average molecular weight is 372 g/mol. The zero-order valence-corrected chi connectivity index (χ0v) is 12.1. The Hall–Kier alpha value is -0.400. The Morgan fingerprint density at radius 3 is 3.00 bits per heavy atom. The van der Waals surface area contributed by atoms with Crippen molar-refractivity contribution in [3.63, 3.8) is 0 Å². The Kier molecular flexibility index (Phi) is 6.15. The molecule has 1 aromatic rings. The van der Waals surface area contributed by atoms with E-state index in [1.165, 1.54) is 13.2 Å². The second-order valence-corrected chi connectivity index (χ2v) is 5.25. The number of alkyl halides is 1. The molecule has 0 spiro atoms. The van der Waals surface area contributed by atoms with Crippen LogP contribution in [0, 0.1) is 5.82 Å². The van der Waals surface area contributed by atoms with Gasteiger partial charge in [-0.25, -0.2) is 4.39 Å². The van der Waals surface area contributed by atoms with Gasteiger partial charge < -0.3 is 10.1 Å². The number of methoxy groups -OCH3 is 1. The maximum absolute atomic E-state index is 13.5. The van der Waals surface area contributed by atoms with E-state index in [-0.39, 0.29) is 14.9 Å². The molecular weight excluding hydrogens is 359 g/mol. The molecule has 0 radical (unpaired) electrons. The number of esters is 1. The van der Waals surface area contributed by atoms with Crippen LogP contribution in [0.1, 0.15) is 5.56 Å². The third-order valence-electron chi connectivity index (χ3n) is 2.13. The molecule has 1 N–H and O–H groups in total. The first-order chi connectivity index (χ1) is 8.06. The van der Waals surface area contributed by atoms with E-state index < -0.39 is 5.82 Å². The Morgan fingerprint density at radius 2 is 2.35 bits per heavy atom. The van der Waals surface area contributed by atoms with Gasteiger partial charge in [-0.05, 0) is 6.07 Å². The molecular formula is C11H12ClFINO2. The number of hydrogen-bond acceptors (Lipinski definition) is 3. The quantitative estimate of drug-likeness (QED) is 0.491. The molecule has 0 heterocycles. The summed E-state index contributed by atoms with van der Waals surface area (Å²) in [5.41, 5.74) is 0.478. The zero-order chi connectivity index (χ0) is 12.8. The van der Waals surface area contributed by atoms with Crippen molar-refractivity contribution in [1.29, 1.82) is 0 Å². The van der Waals surface area contributed by atoms with Gasteiger partial charge in [-0.3, -0.25) is 4.79 Å². The molecule has 0 saturated carbocycles. The highest BCUT2D eigenvalue weighted by molar-refractivity contribution is 14.1. The van der Waals surface area contributed by atoms with E-state index in [4.69, 9.17) is 11.6 Å². The van der Waals surface area contributed by atoms with Gasteiger partial charge in [0.05, 0.1) is 12.1 Å². The first-order valence-electron chi connectivity index (χ1n) is 4.91. The summed E-state index contributed by atoms with van der Waals surface area (Å²) in [6.45, 7) is 0.738. The van der Waals surface area contributed by atoms with Crippen LogP contribution in [0.25, 0.3) is 0 Å². The molecule has 0 bridgehead atoms. The molecule has 94 valence electrons. The van der Waals surface area contributed by atoms with Gasteiger partial charge in [0.25, 0.3) is 0 Å². The van der Waals surface area contributed by atoms with Crippen LogP contribution in [0.2, 0.25) is 5.02 Å². The van der Waals surface area contributed by atoms with Gasteiger partial charge >= 0.3 is 5.97 Å². The highest BCUT2D eigenvalue weighted by atomic mass is 127. The van der Waals surface area contributed by atoms with Crippen LogP contribution in [0.15, 0.2) is 18.2 Å². The average Bonchev–Trinajstić information content (AvgIpc) is 2.33. The fraction of sp³-hybridized carbons (Fsp3) is 0.364. The lowest BCUT2D eigenvalue weighted by Crippen LogP contribution is -2.29. The Bertz CT molecular complexity index is 403. The molecule has 1 aromatic carbocycles. The summed E-state index contributed by atoms with van der Waals surface area (Å²) in [5, 5.41) is 3.08. The van der Waals surface area contributed by atoms with Crippen LogP contribution < -0.4 is 5.32 Å². The minimum Gasteiger partial charge on any atom is -0.468 e. The smallest absolute Gasteiger partial charge is 0.319 e. The number of nitrogens with one attached hydrogen (secondary N) is 1. The molecule has 0 fully saturated rings. The van der Waals surface area contributed by atoms with E-state index >= 15 is 0 Å². The van der Waals surface area contributed by atoms with Crippen LogP contribution in [0.3, 0.4) is 0 Å². The molecule has 3 nitrogen and oxygen atoms in total. The van der Waals surface area contributed by atoms with E-state index in [1.54, 1.807) is 12.1 Å². The number of halogens is 3. The Labute approximate surface area is 118 Å². The standard InChI is InChI=1S/C11H12ClFINO2/c1-17-11(16)9(14)6-15-5-7-3-2-4-8(12)10(7)13/h2-4,9,15H,5-6H2,1H3. The summed E-state index contributed by atoms with van der Waals surface area (Å²) < 4.78 is 17.8. The SMILES string of the molecule is COC(=O)C(I)CNCc1cccc(Cl)c1F. The van der Waals surface area contributed by atoms with E-state index in [1.807, 2.05) is 22.6 Å². The Morgan fingerprint density at radius 1 is 1.65 bits per heavy atom. The van der Waals surface area contributed by atoms with Crippen molar-refractivity contribution in [2.24, 2.45) is 0 Å². The molecule has 0 saturated heterocycles. The number of hydrogen-bond donors (Lipinski definition) is 1. The normalized spacial score (nSPS) is 12.2. The first kappa shape index (κ1) is 14.7. The fourth-order valence-electron chi connectivity index (χ4n) is 1.23. The highest BCUT2D eigenvalue weighted by Gasteiger charge is 2.14. The van der Waals surface area contributed by atoms with E-state index in [0.29, 0.717) is 18.7 Å². The fourth-order valence-corrected chi connectivity index (χ4v) is 1.99. The lowest BCUT2D eigenvalue weighted by molar-refractivity contribution is -0.139. The van der Waals surface area contributed by atoms with Crippen molar-refractivity contribution in [3.05, 3.63) is 34.6 Å². The molecule has 0 aliphatic rings. The van der Waals surface area contributed by atoms with Crippen molar-refractivity contribution >= 4 is 40.2 Å². The molecule has 17 heavy (non-hydrogen) atoms. The van der Waals surface area contributed by atoms with Crippen LogP contribution in [-0.2, 0) is 16.1 Å². The lowest BCUT2D eigenvalue weighted by atomic mass is 10.2. The van der Waals surface area contributed by atoms with Gasteiger partial charge in [-0.2, -0.15) is 0 Å². The van der Waals surface area contributed by atoms with Crippen LogP contribution in [-0.4, -0.2) is 23.5 Å². The van der Waals surface area contributed by atoms with Crippen molar-refractivity contribution in [3.8, 4) is 0 Å². The molecule has 6 heteroatoms. The summed E-state index contributed by atoms with van der Waals surface area (Å²) in [4.78, 5) is 11.1. The molecule has 0 aliphatic carbocycles. The summed E-state index contributed by atoms with van der Waals surface area (Å²) >= 11 is 7.62. The van der Waals surface area contributed by atoms with Crippen LogP contribution in [0.4, 0.5) is 4.39 Å². The number of carbonyl (C=O) groups is 1. The van der Waals surface area contributed by atoms with Gasteiger partial charge in [-0.15, -0.1) is 0 Å². The van der Waals surface area contributed by atoms with Crippen LogP contribution >= 0.6 is 34.2 Å². The molecule has 0 aliphatic heterocycles. The summed E-state index contributed by atoms with van der Waals surface area (Å²) in [6, 6.07) is 4.83. The second kappa shape index (κ2) is 7.13. The number of ether oxygens (including phenoxy) is 1. The second-order valence-electron chi connectivity index (χ2n) is 3.33. The van der Waals surface area contributed by atoms with E-state index in [9.17, 15) is 9.18 Å². The van der Waals surface area contributed by atoms with Gasteiger partial charge in [0.2, 0.25) is 0 Å². The maximum Gasteiger partial charge on any atom is 0.319 e. The minimum absolute atomic E-state index is 0.100. The molecule has 1 rings (SSSR count). The maximum atomic E-state index is 13.5. The van der Waals surface area contributed by atoms with E-state index in [2.05, 4.69) is 10.1 Å². The van der Waals surface area contributed by atoms with Crippen molar-refractivity contribution < 1.29 is 13.9 Å². The molecule has 1 atom stereocenters. The third-order valence-corrected chi connectivity index (χ3v) is 3.37.